The van der Waals surface area contributed by atoms with Crippen LogP contribution >= 0.6 is 27.5 Å². The summed E-state index contributed by atoms with van der Waals surface area (Å²) in [5, 5.41) is 4.18. The molecule has 1 fully saturated rings. The molecule has 0 saturated carbocycles. The van der Waals surface area contributed by atoms with Gasteiger partial charge < -0.3 is 15.0 Å². The van der Waals surface area contributed by atoms with Crippen molar-refractivity contribution >= 4 is 56.1 Å². The molecule has 0 bridgehead atoms. The van der Waals surface area contributed by atoms with Crippen molar-refractivity contribution in [3.8, 4) is 0 Å². The van der Waals surface area contributed by atoms with Gasteiger partial charge in [0.25, 0.3) is 11.8 Å². The molecule has 0 aliphatic carbocycles. The number of nitrogens with one attached hydrogen (secondary N) is 1. The van der Waals surface area contributed by atoms with Crippen molar-refractivity contribution < 1.29 is 23.1 Å². The molecule has 1 aliphatic heterocycles. The first-order valence-corrected chi connectivity index (χ1v) is 14.4. The van der Waals surface area contributed by atoms with Crippen LogP contribution in [0, 0.1) is 6.92 Å². The average molecular weight is 637 g/mol. The number of fused-ring (bicyclic) bond motifs is 1. The Balaban J connectivity index is 1.63. The van der Waals surface area contributed by atoms with E-state index in [-0.39, 0.29) is 43.7 Å². The summed E-state index contributed by atoms with van der Waals surface area (Å²) in [7, 11) is 0. The molecule has 0 radical (unpaired) electrons. The number of halogens is 4. The van der Waals surface area contributed by atoms with Gasteiger partial charge in [0.15, 0.2) is 0 Å². The van der Waals surface area contributed by atoms with E-state index in [1.165, 1.54) is 0 Å². The number of hydrogen-bond donors (Lipinski definition) is 1. The van der Waals surface area contributed by atoms with Gasteiger partial charge in [-0.2, -0.15) is 0 Å². The van der Waals surface area contributed by atoms with Crippen LogP contribution < -0.4 is 10.2 Å². The number of amides is 1. The van der Waals surface area contributed by atoms with Crippen LogP contribution in [0.2, 0.25) is 5.02 Å². The monoisotopic (exact) mass is 635 g/mol. The maximum Gasteiger partial charge on any atom is 0.306 e. The summed E-state index contributed by atoms with van der Waals surface area (Å²) in [6, 6.07) is 12.7. The Morgan fingerprint density at radius 2 is 1.95 bits per heavy atom. The van der Waals surface area contributed by atoms with Crippen molar-refractivity contribution in [1.29, 1.82) is 0 Å². The smallest absolute Gasteiger partial charge is 0.306 e. The number of rotatable bonds is 8. The van der Waals surface area contributed by atoms with E-state index in [0.717, 1.165) is 10.0 Å². The SMILES string of the molecule is Cc1c(N2CCC(F)(F)C2)nc2ccc(Br)cc2c1C(=O)NCC(CCC(=O)OC(C)(C)C)c1ccccc1Cl. The van der Waals surface area contributed by atoms with Gasteiger partial charge in [-0.05, 0) is 63.9 Å². The Kier molecular flexibility index (Phi) is 9.05. The van der Waals surface area contributed by atoms with Gasteiger partial charge in [-0.1, -0.05) is 45.7 Å². The van der Waals surface area contributed by atoms with Gasteiger partial charge in [0.1, 0.15) is 11.4 Å². The van der Waals surface area contributed by atoms with Crippen LogP contribution in [0.5, 0.6) is 0 Å². The summed E-state index contributed by atoms with van der Waals surface area (Å²) in [6.45, 7) is 7.10. The topological polar surface area (TPSA) is 71.5 Å². The Labute approximate surface area is 246 Å². The fraction of sp³-hybridized carbons (Fsp3) is 0.433. The summed E-state index contributed by atoms with van der Waals surface area (Å²) >= 11 is 9.97. The summed E-state index contributed by atoms with van der Waals surface area (Å²) in [5.74, 6) is -3.37. The standard InChI is InChI=1S/C30H33BrClF2N3O3/c1-18-26(22-15-20(31)10-11-24(22)36-27(18)37-14-13-30(33,34)17-37)28(39)35-16-19(21-7-5-6-8-23(21)32)9-12-25(38)40-29(2,3)4/h5-8,10-11,15,19H,9,12-14,16-17H2,1-4H3,(H,35,39). The third kappa shape index (κ3) is 7.29. The summed E-state index contributed by atoms with van der Waals surface area (Å²) in [4.78, 5) is 32.4. The molecule has 1 atom stereocenters. The Morgan fingerprint density at radius 1 is 1.23 bits per heavy atom. The van der Waals surface area contributed by atoms with E-state index >= 15 is 0 Å². The number of aromatic nitrogens is 1. The van der Waals surface area contributed by atoms with Gasteiger partial charge in [0.05, 0.1) is 17.6 Å². The minimum absolute atomic E-state index is 0.153. The molecule has 214 valence electrons. The minimum atomic E-state index is -2.80. The molecule has 40 heavy (non-hydrogen) atoms. The van der Waals surface area contributed by atoms with Gasteiger partial charge in [0.2, 0.25) is 0 Å². The highest BCUT2D eigenvalue weighted by Gasteiger charge is 2.39. The van der Waals surface area contributed by atoms with E-state index in [1.807, 2.05) is 39.0 Å². The normalized spacial score (nSPS) is 15.8. The second kappa shape index (κ2) is 12.0. The first-order chi connectivity index (χ1) is 18.7. The molecule has 1 aromatic heterocycles. The molecule has 4 rings (SSSR count). The van der Waals surface area contributed by atoms with E-state index in [0.29, 0.717) is 39.3 Å². The van der Waals surface area contributed by atoms with E-state index < -0.39 is 18.1 Å². The second-order valence-electron chi connectivity index (χ2n) is 11.2. The summed E-state index contributed by atoms with van der Waals surface area (Å²) in [5.41, 5.74) is 1.66. The van der Waals surface area contributed by atoms with Gasteiger partial charge >= 0.3 is 5.97 Å². The lowest BCUT2D eigenvalue weighted by Crippen LogP contribution is -2.31. The van der Waals surface area contributed by atoms with Crippen molar-refractivity contribution in [2.75, 3.05) is 24.5 Å². The molecule has 2 aromatic carbocycles. The molecule has 1 amide bonds. The number of anilines is 1. The zero-order chi connectivity index (χ0) is 29.2. The van der Waals surface area contributed by atoms with Crippen molar-refractivity contribution in [3.05, 3.63) is 68.7 Å². The molecule has 1 aliphatic rings. The van der Waals surface area contributed by atoms with E-state index in [4.69, 9.17) is 16.3 Å². The molecule has 1 unspecified atom stereocenters. The van der Waals surface area contributed by atoms with Crippen LogP contribution in [-0.4, -0.2) is 48.0 Å². The molecular formula is C30H33BrClF2N3O3. The van der Waals surface area contributed by atoms with Gasteiger partial charge in [0, 0.05) is 52.3 Å². The Hall–Kier alpha value is -2.78. The zero-order valence-corrected chi connectivity index (χ0v) is 25.3. The minimum Gasteiger partial charge on any atom is -0.460 e. The third-order valence-corrected chi connectivity index (χ3v) is 7.67. The van der Waals surface area contributed by atoms with Crippen molar-refractivity contribution in [1.82, 2.24) is 10.3 Å². The van der Waals surface area contributed by atoms with Crippen LogP contribution in [0.25, 0.3) is 10.9 Å². The van der Waals surface area contributed by atoms with E-state index in [9.17, 15) is 18.4 Å². The number of carbonyl (C=O) groups excluding carboxylic acids is 2. The predicted octanol–water partition coefficient (Wildman–Crippen LogP) is 7.44. The number of benzene rings is 2. The zero-order valence-electron chi connectivity index (χ0n) is 23.0. The van der Waals surface area contributed by atoms with Crippen LogP contribution in [-0.2, 0) is 9.53 Å². The lowest BCUT2D eigenvalue weighted by atomic mass is 9.93. The maximum atomic E-state index is 14.1. The van der Waals surface area contributed by atoms with E-state index in [1.54, 1.807) is 36.1 Å². The largest absolute Gasteiger partial charge is 0.460 e. The number of pyridine rings is 1. The molecule has 0 spiro atoms. The highest BCUT2D eigenvalue weighted by atomic mass is 79.9. The highest BCUT2D eigenvalue weighted by molar-refractivity contribution is 9.10. The molecule has 2 heterocycles. The van der Waals surface area contributed by atoms with Gasteiger partial charge in [-0.15, -0.1) is 0 Å². The maximum absolute atomic E-state index is 14.1. The molecule has 3 aromatic rings. The first kappa shape index (κ1) is 30.2. The van der Waals surface area contributed by atoms with Crippen LogP contribution in [0.4, 0.5) is 14.6 Å². The Bertz CT molecular complexity index is 1430. The third-order valence-electron chi connectivity index (χ3n) is 6.83. The van der Waals surface area contributed by atoms with Crippen LogP contribution in [0.15, 0.2) is 46.9 Å². The predicted molar refractivity (Wildman–Crippen MR) is 158 cm³/mol. The molecule has 6 nitrogen and oxygen atoms in total. The highest BCUT2D eigenvalue weighted by Crippen LogP contribution is 2.36. The van der Waals surface area contributed by atoms with Gasteiger partial charge in [-0.3, -0.25) is 9.59 Å². The number of alkyl halides is 2. The Morgan fingerprint density at radius 3 is 2.60 bits per heavy atom. The summed E-state index contributed by atoms with van der Waals surface area (Å²) in [6.07, 6.45) is 0.306. The number of carbonyl (C=O) groups is 2. The first-order valence-electron chi connectivity index (χ1n) is 13.2. The molecule has 10 heteroatoms. The fourth-order valence-corrected chi connectivity index (χ4v) is 5.65. The molecule has 1 saturated heterocycles. The van der Waals surface area contributed by atoms with Crippen LogP contribution in [0.3, 0.4) is 0 Å². The second-order valence-corrected chi connectivity index (χ2v) is 12.5. The van der Waals surface area contributed by atoms with Crippen molar-refractivity contribution in [2.45, 2.75) is 64.4 Å². The van der Waals surface area contributed by atoms with Crippen molar-refractivity contribution in [2.24, 2.45) is 0 Å². The lowest BCUT2D eigenvalue weighted by Gasteiger charge is -2.24. The fourth-order valence-electron chi connectivity index (χ4n) is 5.00. The number of nitrogens with zero attached hydrogens (tertiary/aromatic N) is 2. The number of hydrogen-bond acceptors (Lipinski definition) is 5. The molecule has 1 N–H and O–H groups in total. The average Bonchev–Trinajstić information content (AvgIpc) is 3.22. The number of ether oxygens (including phenoxy) is 1. The quantitative estimate of drug-likeness (QED) is 0.260. The number of esters is 1. The lowest BCUT2D eigenvalue weighted by molar-refractivity contribution is -0.155. The van der Waals surface area contributed by atoms with E-state index in [2.05, 4.69) is 26.2 Å². The summed E-state index contributed by atoms with van der Waals surface area (Å²) < 4.78 is 34.4. The van der Waals surface area contributed by atoms with Crippen LogP contribution in [0.1, 0.15) is 67.4 Å². The van der Waals surface area contributed by atoms with Gasteiger partial charge in [-0.25, -0.2) is 13.8 Å². The van der Waals surface area contributed by atoms with Crippen molar-refractivity contribution in [3.63, 3.8) is 0 Å². The molecular weight excluding hydrogens is 604 g/mol.